The van der Waals surface area contributed by atoms with Crippen LogP contribution in [0.5, 0.6) is 0 Å². The summed E-state index contributed by atoms with van der Waals surface area (Å²) in [6, 6.07) is 0. The Morgan fingerprint density at radius 1 is 1.62 bits per heavy atom. The van der Waals surface area contributed by atoms with E-state index in [-0.39, 0.29) is 0 Å². The first-order valence-electron chi connectivity index (χ1n) is 5.10. The minimum atomic E-state index is 0.400. The molecule has 1 nitrogen and oxygen atoms in total. The molecular formula is C12H18O. The average Bonchev–Trinajstić information content (AvgIpc) is 2.04. The molecule has 0 radical (unpaired) electrons. The summed E-state index contributed by atoms with van der Waals surface area (Å²) < 4.78 is 0. The second kappa shape index (κ2) is 4.46. The molecule has 0 aromatic rings. The smallest absolute Gasteiger partial charge is 0.133 e. The zero-order valence-electron chi connectivity index (χ0n) is 8.55. The summed E-state index contributed by atoms with van der Waals surface area (Å²) in [6.45, 7) is 4.45. The van der Waals surface area contributed by atoms with Crippen molar-refractivity contribution >= 4 is 5.78 Å². The summed E-state index contributed by atoms with van der Waals surface area (Å²) in [5, 5.41) is 0. The van der Waals surface area contributed by atoms with Gasteiger partial charge in [0, 0.05) is 19.3 Å². The highest BCUT2D eigenvalue weighted by Crippen LogP contribution is 2.35. The van der Waals surface area contributed by atoms with Crippen LogP contribution in [0.4, 0.5) is 0 Å². The Balaban J connectivity index is 2.61. The Labute approximate surface area is 80.9 Å². The molecule has 0 amide bonds. The molecule has 1 aliphatic carbocycles. The van der Waals surface area contributed by atoms with Crippen LogP contribution in [0.25, 0.3) is 0 Å². The van der Waals surface area contributed by atoms with Crippen molar-refractivity contribution in [1.29, 1.82) is 0 Å². The van der Waals surface area contributed by atoms with Crippen LogP contribution in [0.3, 0.4) is 0 Å². The highest BCUT2D eigenvalue weighted by Gasteiger charge is 2.30. The lowest BCUT2D eigenvalue weighted by Gasteiger charge is -2.32. The topological polar surface area (TPSA) is 17.1 Å². The molecule has 1 saturated carbocycles. The molecule has 2 atom stereocenters. The van der Waals surface area contributed by atoms with Gasteiger partial charge in [0.05, 0.1) is 0 Å². The van der Waals surface area contributed by atoms with E-state index in [1.54, 1.807) is 0 Å². The van der Waals surface area contributed by atoms with Gasteiger partial charge in [-0.1, -0.05) is 13.8 Å². The van der Waals surface area contributed by atoms with E-state index in [4.69, 9.17) is 6.42 Å². The van der Waals surface area contributed by atoms with Gasteiger partial charge >= 0.3 is 0 Å². The second-order valence-corrected chi connectivity index (χ2v) is 4.36. The van der Waals surface area contributed by atoms with Crippen molar-refractivity contribution in [2.45, 2.75) is 39.5 Å². The third-order valence-corrected chi connectivity index (χ3v) is 3.09. The number of terminal acetylenes is 1. The molecule has 0 spiro atoms. The van der Waals surface area contributed by atoms with Crippen molar-refractivity contribution in [1.82, 2.24) is 0 Å². The maximum atomic E-state index is 11.2. The van der Waals surface area contributed by atoms with E-state index in [9.17, 15) is 4.79 Å². The molecule has 0 aromatic heterocycles. The summed E-state index contributed by atoms with van der Waals surface area (Å²) in [7, 11) is 0. The van der Waals surface area contributed by atoms with Gasteiger partial charge in [0.15, 0.2) is 0 Å². The standard InChI is InChI=1S/C12H18O/c1-4-5-10-8-11(13)6-7-12(10)9(2)3/h1,9-10,12H,5-8H2,2-3H3. The Morgan fingerprint density at radius 2 is 2.31 bits per heavy atom. The fourth-order valence-electron chi connectivity index (χ4n) is 2.36. The van der Waals surface area contributed by atoms with Crippen LogP contribution in [0.1, 0.15) is 39.5 Å². The van der Waals surface area contributed by atoms with Gasteiger partial charge in [-0.25, -0.2) is 0 Å². The molecular weight excluding hydrogens is 160 g/mol. The second-order valence-electron chi connectivity index (χ2n) is 4.36. The molecule has 0 N–H and O–H groups in total. The zero-order chi connectivity index (χ0) is 9.84. The minimum absolute atomic E-state index is 0.400. The minimum Gasteiger partial charge on any atom is -0.300 e. The van der Waals surface area contributed by atoms with Gasteiger partial charge in [0.1, 0.15) is 5.78 Å². The highest BCUT2D eigenvalue weighted by atomic mass is 16.1. The number of hydrogen-bond acceptors (Lipinski definition) is 1. The van der Waals surface area contributed by atoms with Crippen LogP contribution in [0, 0.1) is 30.1 Å². The van der Waals surface area contributed by atoms with Crippen LogP contribution < -0.4 is 0 Å². The van der Waals surface area contributed by atoms with Crippen molar-refractivity contribution < 1.29 is 4.79 Å². The molecule has 0 bridgehead atoms. The summed E-state index contributed by atoms with van der Waals surface area (Å²) in [5.41, 5.74) is 0. The molecule has 0 saturated heterocycles. The molecule has 1 fully saturated rings. The van der Waals surface area contributed by atoms with Crippen LogP contribution >= 0.6 is 0 Å². The van der Waals surface area contributed by atoms with Gasteiger partial charge in [-0.2, -0.15) is 0 Å². The van der Waals surface area contributed by atoms with Gasteiger partial charge in [0.25, 0.3) is 0 Å². The van der Waals surface area contributed by atoms with Gasteiger partial charge in [0.2, 0.25) is 0 Å². The third kappa shape index (κ3) is 2.59. The van der Waals surface area contributed by atoms with Crippen molar-refractivity contribution in [2.75, 3.05) is 0 Å². The fraction of sp³-hybridized carbons (Fsp3) is 0.750. The van der Waals surface area contributed by atoms with E-state index in [0.717, 1.165) is 19.3 Å². The largest absolute Gasteiger partial charge is 0.300 e. The molecule has 0 aliphatic heterocycles. The Hall–Kier alpha value is -0.770. The van der Waals surface area contributed by atoms with Crippen molar-refractivity contribution in [3.8, 4) is 12.3 Å². The Bertz CT molecular complexity index is 222. The highest BCUT2D eigenvalue weighted by molar-refractivity contribution is 5.79. The first kappa shape index (κ1) is 10.3. The van der Waals surface area contributed by atoms with Crippen molar-refractivity contribution in [2.24, 2.45) is 17.8 Å². The average molecular weight is 178 g/mol. The third-order valence-electron chi connectivity index (χ3n) is 3.09. The Kier molecular flexibility index (Phi) is 3.54. The summed E-state index contributed by atoms with van der Waals surface area (Å²) in [5.74, 6) is 4.86. The van der Waals surface area contributed by atoms with Crippen LogP contribution in [0.15, 0.2) is 0 Å². The van der Waals surface area contributed by atoms with E-state index in [1.807, 2.05) is 0 Å². The number of carbonyl (C=O) groups excluding carboxylic acids is 1. The number of Topliss-reactive ketones (excluding diaryl/α,β-unsaturated/α-hetero) is 1. The predicted octanol–water partition coefficient (Wildman–Crippen LogP) is 2.65. The molecule has 0 aromatic carbocycles. The molecule has 1 heteroatoms. The van der Waals surface area contributed by atoms with Gasteiger partial charge < -0.3 is 0 Å². The fourth-order valence-corrected chi connectivity index (χ4v) is 2.36. The molecule has 0 heterocycles. The summed E-state index contributed by atoms with van der Waals surface area (Å²) in [6.07, 6.45) is 8.61. The first-order valence-corrected chi connectivity index (χ1v) is 5.10. The lowest BCUT2D eigenvalue weighted by molar-refractivity contribution is -0.123. The number of hydrogen-bond donors (Lipinski definition) is 0. The summed E-state index contributed by atoms with van der Waals surface area (Å²) >= 11 is 0. The number of carbonyl (C=O) groups is 1. The zero-order valence-corrected chi connectivity index (χ0v) is 8.55. The molecule has 1 aliphatic rings. The van der Waals surface area contributed by atoms with Crippen LogP contribution in [0.2, 0.25) is 0 Å². The van der Waals surface area contributed by atoms with E-state index in [2.05, 4.69) is 19.8 Å². The molecule has 13 heavy (non-hydrogen) atoms. The normalized spacial score (nSPS) is 28.9. The van der Waals surface area contributed by atoms with Gasteiger partial charge in [-0.3, -0.25) is 4.79 Å². The van der Waals surface area contributed by atoms with Crippen molar-refractivity contribution in [3.05, 3.63) is 0 Å². The van der Waals surface area contributed by atoms with Crippen molar-refractivity contribution in [3.63, 3.8) is 0 Å². The number of rotatable bonds is 2. The van der Waals surface area contributed by atoms with Crippen LogP contribution in [-0.2, 0) is 4.79 Å². The molecule has 2 unspecified atom stereocenters. The monoisotopic (exact) mass is 178 g/mol. The maximum absolute atomic E-state index is 11.2. The van der Waals surface area contributed by atoms with Gasteiger partial charge in [-0.15, -0.1) is 12.3 Å². The quantitative estimate of drug-likeness (QED) is 0.594. The van der Waals surface area contributed by atoms with E-state index in [0.29, 0.717) is 30.0 Å². The lowest BCUT2D eigenvalue weighted by Crippen LogP contribution is -2.28. The van der Waals surface area contributed by atoms with E-state index in [1.165, 1.54) is 0 Å². The Morgan fingerprint density at radius 3 is 2.85 bits per heavy atom. The SMILES string of the molecule is C#CCC1CC(=O)CCC1C(C)C. The van der Waals surface area contributed by atoms with Crippen LogP contribution in [-0.4, -0.2) is 5.78 Å². The molecule has 72 valence electrons. The first-order chi connectivity index (χ1) is 6.15. The number of ketones is 1. The maximum Gasteiger partial charge on any atom is 0.133 e. The summed E-state index contributed by atoms with van der Waals surface area (Å²) in [4.78, 5) is 11.2. The van der Waals surface area contributed by atoms with E-state index >= 15 is 0 Å². The molecule has 1 rings (SSSR count). The lowest BCUT2D eigenvalue weighted by atomic mass is 9.72. The van der Waals surface area contributed by atoms with E-state index < -0.39 is 0 Å². The predicted molar refractivity (Wildman–Crippen MR) is 54.1 cm³/mol. The van der Waals surface area contributed by atoms with Gasteiger partial charge in [-0.05, 0) is 24.2 Å².